The molecule has 2 saturated heterocycles. The maximum Gasteiger partial charge on any atom is 0.238 e. The van der Waals surface area contributed by atoms with Gasteiger partial charge >= 0.3 is 0 Å². The van der Waals surface area contributed by atoms with Crippen molar-refractivity contribution in [3.05, 3.63) is 22.4 Å². The molecule has 0 radical (unpaired) electrons. The fourth-order valence-corrected chi connectivity index (χ4v) is 4.54. The predicted molar refractivity (Wildman–Crippen MR) is 72.2 cm³/mol. The molecule has 0 bridgehead atoms. The highest BCUT2D eigenvalue weighted by Gasteiger charge is 2.34. The van der Waals surface area contributed by atoms with Crippen LogP contribution >= 0.6 is 23.1 Å². The van der Waals surface area contributed by atoms with Crippen LogP contribution in [0.5, 0.6) is 0 Å². The number of rotatable bonds is 3. The molecule has 0 aliphatic carbocycles. The van der Waals surface area contributed by atoms with Gasteiger partial charge in [-0.25, -0.2) is 0 Å². The number of hydrogen-bond acceptors (Lipinski definition) is 4. The van der Waals surface area contributed by atoms with E-state index in [1.165, 1.54) is 22.8 Å². The van der Waals surface area contributed by atoms with E-state index in [9.17, 15) is 4.79 Å². The third-order valence-corrected chi connectivity index (χ3v) is 5.53. The van der Waals surface area contributed by atoms with Crippen molar-refractivity contribution in [3.8, 4) is 0 Å². The topological polar surface area (TPSA) is 32.3 Å². The SMILES string of the molecule is O=C1CNC(c2cccs2)N1CC1CCSC1. The van der Waals surface area contributed by atoms with Crippen molar-refractivity contribution in [1.29, 1.82) is 0 Å². The largest absolute Gasteiger partial charge is 0.321 e. The van der Waals surface area contributed by atoms with E-state index in [0.717, 1.165) is 6.54 Å². The minimum Gasteiger partial charge on any atom is -0.321 e. The lowest BCUT2D eigenvalue weighted by Crippen LogP contribution is -2.34. The minimum absolute atomic E-state index is 0.119. The molecule has 5 heteroatoms. The summed E-state index contributed by atoms with van der Waals surface area (Å²) in [6.45, 7) is 1.41. The summed E-state index contributed by atoms with van der Waals surface area (Å²) in [5.74, 6) is 3.40. The van der Waals surface area contributed by atoms with Gasteiger partial charge in [0, 0.05) is 11.4 Å². The molecule has 0 aromatic carbocycles. The van der Waals surface area contributed by atoms with Crippen LogP contribution in [0.3, 0.4) is 0 Å². The lowest BCUT2D eigenvalue weighted by atomic mass is 10.1. The Kier molecular flexibility index (Phi) is 3.40. The molecule has 0 saturated carbocycles. The second-order valence-corrected chi connectivity index (χ2v) is 6.70. The summed E-state index contributed by atoms with van der Waals surface area (Å²) in [6.07, 6.45) is 1.37. The van der Waals surface area contributed by atoms with E-state index in [0.29, 0.717) is 12.5 Å². The second-order valence-electron chi connectivity index (χ2n) is 4.57. The fourth-order valence-electron chi connectivity index (χ4n) is 2.45. The Morgan fingerprint density at radius 3 is 3.18 bits per heavy atom. The Morgan fingerprint density at radius 2 is 2.47 bits per heavy atom. The number of nitrogens with zero attached hydrogens (tertiary/aromatic N) is 1. The zero-order valence-corrected chi connectivity index (χ0v) is 11.2. The van der Waals surface area contributed by atoms with Gasteiger partial charge in [0.1, 0.15) is 6.17 Å². The van der Waals surface area contributed by atoms with Crippen molar-refractivity contribution in [3.63, 3.8) is 0 Å². The summed E-state index contributed by atoms with van der Waals surface area (Å²) < 4.78 is 0. The van der Waals surface area contributed by atoms with Gasteiger partial charge in [0.15, 0.2) is 0 Å². The lowest BCUT2D eigenvalue weighted by molar-refractivity contribution is -0.128. The van der Waals surface area contributed by atoms with Gasteiger partial charge in [-0.15, -0.1) is 11.3 Å². The molecule has 1 aromatic heterocycles. The average Bonchev–Trinajstić information content (AvgIpc) is 3.03. The molecule has 3 heterocycles. The Morgan fingerprint density at radius 1 is 1.53 bits per heavy atom. The maximum absolute atomic E-state index is 11.9. The van der Waals surface area contributed by atoms with Gasteiger partial charge in [0.05, 0.1) is 6.54 Å². The van der Waals surface area contributed by atoms with Gasteiger partial charge in [-0.2, -0.15) is 11.8 Å². The molecule has 1 amide bonds. The van der Waals surface area contributed by atoms with Crippen LogP contribution in [-0.2, 0) is 4.79 Å². The number of carbonyl (C=O) groups is 1. The summed E-state index contributed by atoms with van der Waals surface area (Å²) in [7, 11) is 0. The van der Waals surface area contributed by atoms with Crippen LogP contribution in [0, 0.1) is 5.92 Å². The van der Waals surface area contributed by atoms with Crippen molar-refractivity contribution in [2.75, 3.05) is 24.6 Å². The fraction of sp³-hybridized carbons (Fsp3) is 0.583. The predicted octanol–water partition coefficient (Wildman–Crippen LogP) is 1.93. The van der Waals surface area contributed by atoms with E-state index < -0.39 is 0 Å². The van der Waals surface area contributed by atoms with E-state index in [1.807, 2.05) is 22.7 Å². The first-order valence-electron chi connectivity index (χ1n) is 5.98. The number of nitrogens with one attached hydrogen (secondary N) is 1. The van der Waals surface area contributed by atoms with E-state index in [2.05, 4.69) is 16.8 Å². The normalized spacial score (nSPS) is 29.2. The molecule has 2 atom stereocenters. The summed E-state index contributed by atoms with van der Waals surface area (Å²) in [5, 5.41) is 5.39. The van der Waals surface area contributed by atoms with Crippen LogP contribution in [0.25, 0.3) is 0 Å². The van der Waals surface area contributed by atoms with Crippen molar-refractivity contribution < 1.29 is 4.79 Å². The molecular formula is C12H16N2OS2. The Hall–Kier alpha value is -0.520. The van der Waals surface area contributed by atoms with Gasteiger partial charge in [0.25, 0.3) is 0 Å². The number of hydrogen-bond donors (Lipinski definition) is 1. The number of carbonyl (C=O) groups excluding carboxylic acids is 1. The molecule has 2 unspecified atom stereocenters. The van der Waals surface area contributed by atoms with Crippen LogP contribution < -0.4 is 5.32 Å². The van der Waals surface area contributed by atoms with Gasteiger partial charge < -0.3 is 4.90 Å². The van der Waals surface area contributed by atoms with E-state index in [1.54, 1.807) is 11.3 Å². The summed E-state index contributed by atoms with van der Waals surface area (Å²) in [4.78, 5) is 15.2. The monoisotopic (exact) mass is 268 g/mol. The smallest absolute Gasteiger partial charge is 0.238 e. The van der Waals surface area contributed by atoms with Crippen molar-refractivity contribution in [2.45, 2.75) is 12.6 Å². The molecule has 3 rings (SSSR count). The van der Waals surface area contributed by atoms with E-state index in [4.69, 9.17) is 0 Å². The molecule has 2 aliphatic heterocycles. The first-order valence-corrected chi connectivity index (χ1v) is 8.02. The van der Waals surface area contributed by atoms with E-state index >= 15 is 0 Å². The molecule has 3 nitrogen and oxygen atoms in total. The zero-order valence-electron chi connectivity index (χ0n) is 9.59. The number of thioether (sulfide) groups is 1. The highest BCUT2D eigenvalue weighted by Crippen LogP contribution is 2.30. The number of thiophene rings is 1. The van der Waals surface area contributed by atoms with Gasteiger partial charge in [0.2, 0.25) is 5.91 Å². The van der Waals surface area contributed by atoms with E-state index in [-0.39, 0.29) is 12.1 Å². The quantitative estimate of drug-likeness (QED) is 0.909. The van der Waals surface area contributed by atoms with Gasteiger partial charge in [-0.05, 0) is 35.3 Å². The first-order chi connectivity index (χ1) is 8.34. The van der Waals surface area contributed by atoms with Crippen molar-refractivity contribution in [1.82, 2.24) is 10.2 Å². The van der Waals surface area contributed by atoms with Crippen LogP contribution in [0.4, 0.5) is 0 Å². The number of amides is 1. The third-order valence-electron chi connectivity index (χ3n) is 3.37. The molecule has 2 aliphatic rings. The molecule has 92 valence electrons. The molecule has 1 N–H and O–H groups in total. The first kappa shape index (κ1) is 11.6. The summed E-state index contributed by atoms with van der Waals surface area (Å²) >= 11 is 3.73. The summed E-state index contributed by atoms with van der Waals surface area (Å²) in [5.41, 5.74) is 0. The van der Waals surface area contributed by atoms with Crippen LogP contribution in [0.1, 0.15) is 17.5 Å². The zero-order chi connectivity index (χ0) is 11.7. The maximum atomic E-state index is 11.9. The highest BCUT2D eigenvalue weighted by atomic mass is 32.2. The highest BCUT2D eigenvalue weighted by molar-refractivity contribution is 7.99. The van der Waals surface area contributed by atoms with Gasteiger partial charge in [-0.3, -0.25) is 10.1 Å². The lowest BCUT2D eigenvalue weighted by Gasteiger charge is -2.26. The second kappa shape index (κ2) is 5.00. The summed E-state index contributed by atoms with van der Waals surface area (Å²) in [6, 6.07) is 4.16. The van der Waals surface area contributed by atoms with Crippen LogP contribution in [0.15, 0.2) is 17.5 Å². The van der Waals surface area contributed by atoms with Crippen LogP contribution in [-0.4, -0.2) is 35.4 Å². The molecule has 0 spiro atoms. The third kappa shape index (κ3) is 2.37. The van der Waals surface area contributed by atoms with Crippen molar-refractivity contribution >= 4 is 29.0 Å². The molecule has 17 heavy (non-hydrogen) atoms. The molecule has 2 fully saturated rings. The Balaban J connectivity index is 1.72. The Labute approximate surface area is 110 Å². The van der Waals surface area contributed by atoms with Gasteiger partial charge in [-0.1, -0.05) is 6.07 Å². The molecular weight excluding hydrogens is 252 g/mol. The minimum atomic E-state index is 0.119. The Bertz CT molecular complexity index is 387. The standard InChI is InChI=1S/C12H16N2OS2/c15-11-6-13-12(10-2-1-4-17-10)14(11)7-9-3-5-16-8-9/h1-2,4,9,12-13H,3,5-8H2. The average molecular weight is 268 g/mol. The van der Waals surface area contributed by atoms with Crippen LogP contribution in [0.2, 0.25) is 0 Å². The molecule has 1 aromatic rings. The van der Waals surface area contributed by atoms with Crippen molar-refractivity contribution in [2.24, 2.45) is 5.92 Å².